The topological polar surface area (TPSA) is 58.6 Å². The van der Waals surface area contributed by atoms with Crippen LogP contribution < -0.4 is 10.1 Å². The molecule has 5 nitrogen and oxygen atoms in total. The van der Waals surface area contributed by atoms with Crippen LogP contribution in [0.25, 0.3) is 0 Å². The molecule has 1 atom stereocenters. The van der Waals surface area contributed by atoms with Gasteiger partial charge in [-0.15, -0.1) is 0 Å². The van der Waals surface area contributed by atoms with Gasteiger partial charge in [0.15, 0.2) is 6.61 Å². The van der Waals surface area contributed by atoms with Gasteiger partial charge in [0.2, 0.25) is 5.91 Å². The Morgan fingerprint density at radius 3 is 2.55 bits per heavy atom. The van der Waals surface area contributed by atoms with Gasteiger partial charge in [-0.3, -0.25) is 9.59 Å². The summed E-state index contributed by atoms with van der Waals surface area (Å²) in [6.45, 7) is 6.67. The standard InChI is InChI=1S/C23H29ClN2O3/c1-4-13-25-23(28)21(5-2)26(15-18-10-7-6-9-17(18)3)22(27)16-29-20-12-8-11-19(24)14-20/h6-12,14,21H,4-5,13,15-16H2,1-3H3,(H,25,28)/t21-/m0/s1. The van der Waals surface area contributed by atoms with Crippen molar-refractivity contribution in [2.24, 2.45) is 0 Å². The van der Waals surface area contributed by atoms with E-state index in [0.29, 0.717) is 30.3 Å². The minimum atomic E-state index is -0.559. The Balaban J connectivity index is 2.20. The van der Waals surface area contributed by atoms with Crippen molar-refractivity contribution in [3.8, 4) is 5.75 Å². The summed E-state index contributed by atoms with van der Waals surface area (Å²) in [6, 6.07) is 14.2. The van der Waals surface area contributed by atoms with Crippen molar-refractivity contribution >= 4 is 23.4 Å². The Bertz CT molecular complexity index is 825. The maximum atomic E-state index is 13.1. The molecule has 6 heteroatoms. The fourth-order valence-electron chi connectivity index (χ4n) is 3.04. The van der Waals surface area contributed by atoms with Crippen LogP contribution in [0.15, 0.2) is 48.5 Å². The van der Waals surface area contributed by atoms with Crippen LogP contribution in [0.3, 0.4) is 0 Å². The van der Waals surface area contributed by atoms with E-state index < -0.39 is 6.04 Å². The molecule has 0 radical (unpaired) electrons. The summed E-state index contributed by atoms with van der Waals surface area (Å²) in [6.07, 6.45) is 1.36. The lowest BCUT2D eigenvalue weighted by molar-refractivity contribution is -0.143. The number of halogens is 1. The van der Waals surface area contributed by atoms with E-state index in [0.717, 1.165) is 17.5 Å². The van der Waals surface area contributed by atoms with E-state index in [-0.39, 0.29) is 18.4 Å². The first-order valence-corrected chi connectivity index (χ1v) is 10.3. The Morgan fingerprint density at radius 1 is 1.14 bits per heavy atom. The predicted octanol–water partition coefficient (Wildman–Crippen LogP) is 4.36. The third-order valence-corrected chi connectivity index (χ3v) is 4.93. The molecule has 0 aliphatic rings. The van der Waals surface area contributed by atoms with Gasteiger partial charge < -0.3 is 15.0 Å². The molecule has 0 heterocycles. The molecule has 0 bridgehead atoms. The number of aryl methyl sites for hydroxylation is 1. The number of carbonyl (C=O) groups is 2. The summed E-state index contributed by atoms with van der Waals surface area (Å²) in [5.41, 5.74) is 2.08. The minimum absolute atomic E-state index is 0.140. The van der Waals surface area contributed by atoms with Gasteiger partial charge in [-0.1, -0.05) is 55.8 Å². The van der Waals surface area contributed by atoms with Crippen molar-refractivity contribution < 1.29 is 14.3 Å². The first-order chi connectivity index (χ1) is 14.0. The molecule has 0 saturated carbocycles. The van der Waals surface area contributed by atoms with Gasteiger partial charge in [0.05, 0.1) is 0 Å². The predicted molar refractivity (Wildman–Crippen MR) is 116 cm³/mol. The van der Waals surface area contributed by atoms with E-state index in [1.165, 1.54) is 0 Å². The number of hydrogen-bond acceptors (Lipinski definition) is 3. The normalized spacial score (nSPS) is 11.6. The average molecular weight is 417 g/mol. The molecular formula is C23H29ClN2O3. The van der Waals surface area contributed by atoms with Gasteiger partial charge >= 0.3 is 0 Å². The number of carbonyl (C=O) groups excluding carboxylic acids is 2. The molecular weight excluding hydrogens is 388 g/mol. The van der Waals surface area contributed by atoms with Gasteiger partial charge in [-0.05, 0) is 49.1 Å². The third-order valence-electron chi connectivity index (χ3n) is 4.70. The molecule has 0 aliphatic heterocycles. The zero-order valence-electron chi connectivity index (χ0n) is 17.3. The summed E-state index contributed by atoms with van der Waals surface area (Å²) in [5.74, 6) is 0.135. The van der Waals surface area contributed by atoms with E-state index in [4.69, 9.17) is 16.3 Å². The Labute approximate surface area is 178 Å². The summed E-state index contributed by atoms with van der Waals surface area (Å²) < 4.78 is 5.65. The van der Waals surface area contributed by atoms with E-state index >= 15 is 0 Å². The lowest BCUT2D eigenvalue weighted by Gasteiger charge is -2.31. The lowest BCUT2D eigenvalue weighted by Crippen LogP contribution is -2.50. The van der Waals surface area contributed by atoms with Crippen molar-refractivity contribution in [2.75, 3.05) is 13.2 Å². The Kier molecular flexibility index (Phi) is 9.00. The molecule has 1 N–H and O–H groups in total. The SMILES string of the molecule is CCCNC(=O)[C@H](CC)N(Cc1ccccc1C)C(=O)COc1cccc(Cl)c1. The highest BCUT2D eigenvalue weighted by Crippen LogP contribution is 2.19. The molecule has 2 aromatic rings. The van der Waals surface area contributed by atoms with Crippen LogP contribution in [0.4, 0.5) is 0 Å². The molecule has 0 unspecified atom stereocenters. The van der Waals surface area contributed by atoms with Crippen molar-refractivity contribution in [2.45, 2.75) is 46.2 Å². The smallest absolute Gasteiger partial charge is 0.261 e. The van der Waals surface area contributed by atoms with Crippen LogP contribution in [0.1, 0.15) is 37.8 Å². The largest absolute Gasteiger partial charge is 0.484 e. The molecule has 2 rings (SSSR count). The number of hydrogen-bond donors (Lipinski definition) is 1. The number of nitrogens with one attached hydrogen (secondary N) is 1. The van der Waals surface area contributed by atoms with Crippen LogP contribution in [0, 0.1) is 6.92 Å². The van der Waals surface area contributed by atoms with E-state index in [1.807, 2.05) is 45.0 Å². The highest BCUT2D eigenvalue weighted by molar-refractivity contribution is 6.30. The molecule has 29 heavy (non-hydrogen) atoms. The second-order valence-electron chi connectivity index (χ2n) is 6.91. The third kappa shape index (κ3) is 6.79. The van der Waals surface area contributed by atoms with Crippen molar-refractivity contribution in [3.05, 3.63) is 64.7 Å². The molecule has 0 spiro atoms. The lowest BCUT2D eigenvalue weighted by atomic mass is 10.1. The number of nitrogens with zero attached hydrogens (tertiary/aromatic N) is 1. The zero-order chi connectivity index (χ0) is 21.2. The van der Waals surface area contributed by atoms with Crippen molar-refractivity contribution in [1.29, 1.82) is 0 Å². The molecule has 156 valence electrons. The molecule has 0 saturated heterocycles. The minimum Gasteiger partial charge on any atom is -0.484 e. The second-order valence-corrected chi connectivity index (χ2v) is 7.35. The maximum Gasteiger partial charge on any atom is 0.261 e. The van der Waals surface area contributed by atoms with Crippen molar-refractivity contribution in [1.82, 2.24) is 10.2 Å². The first-order valence-electron chi connectivity index (χ1n) is 9.96. The number of ether oxygens (including phenoxy) is 1. The zero-order valence-corrected chi connectivity index (χ0v) is 18.0. The Morgan fingerprint density at radius 2 is 1.90 bits per heavy atom. The van der Waals surface area contributed by atoms with Crippen LogP contribution in [-0.4, -0.2) is 35.9 Å². The average Bonchev–Trinajstić information content (AvgIpc) is 2.71. The van der Waals surface area contributed by atoms with Crippen molar-refractivity contribution in [3.63, 3.8) is 0 Å². The monoisotopic (exact) mass is 416 g/mol. The molecule has 2 amide bonds. The second kappa shape index (κ2) is 11.5. The van der Waals surface area contributed by atoms with Gasteiger partial charge in [0.1, 0.15) is 11.8 Å². The van der Waals surface area contributed by atoms with E-state index in [9.17, 15) is 9.59 Å². The van der Waals surface area contributed by atoms with E-state index in [1.54, 1.807) is 29.2 Å². The van der Waals surface area contributed by atoms with Crippen LogP contribution in [0.5, 0.6) is 5.75 Å². The number of rotatable bonds is 10. The highest BCUT2D eigenvalue weighted by Gasteiger charge is 2.29. The summed E-state index contributed by atoms with van der Waals surface area (Å²) in [4.78, 5) is 27.4. The molecule has 0 fully saturated rings. The molecule has 2 aromatic carbocycles. The molecule has 0 aromatic heterocycles. The van der Waals surface area contributed by atoms with Gasteiger partial charge in [-0.25, -0.2) is 0 Å². The maximum absolute atomic E-state index is 13.1. The first kappa shape index (κ1) is 22.8. The van der Waals surface area contributed by atoms with E-state index in [2.05, 4.69) is 5.32 Å². The highest BCUT2D eigenvalue weighted by atomic mass is 35.5. The Hall–Kier alpha value is -2.53. The summed E-state index contributed by atoms with van der Waals surface area (Å²) in [7, 11) is 0. The summed E-state index contributed by atoms with van der Waals surface area (Å²) in [5, 5.41) is 3.45. The van der Waals surface area contributed by atoms with Crippen LogP contribution in [0.2, 0.25) is 5.02 Å². The van der Waals surface area contributed by atoms with Crippen LogP contribution in [-0.2, 0) is 16.1 Å². The fraction of sp³-hybridized carbons (Fsp3) is 0.391. The van der Waals surface area contributed by atoms with Gasteiger partial charge in [0, 0.05) is 18.1 Å². The van der Waals surface area contributed by atoms with Gasteiger partial charge in [-0.2, -0.15) is 0 Å². The quantitative estimate of drug-likeness (QED) is 0.626. The number of benzene rings is 2. The van der Waals surface area contributed by atoms with Crippen LogP contribution >= 0.6 is 11.6 Å². The van der Waals surface area contributed by atoms with Gasteiger partial charge in [0.25, 0.3) is 5.91 Å². The number of amides is 2. The fourth-order valence-corrected chi connectivity index (χ4v) is 3.22. The molecule has 0 aliphatic carbocycles. The summed E-state index contributed by atoms with van der Waals surface area (Å²) >= 11 is 5.98.